The van der Waals surface area contributed by atoms with Crippen LogP contribution >= 0.6 is 0 Å². The number of hydrogen-bond acceptors (Lipinski definition) is 2. The molecule has 0 aromatic heterocycles. The van der Waals surface area contributed by atoms with Crippen molar-refractivity contribution < 1.29 is 4.74 Å². The highest BCUT2D eigenvalue weighted by atomic mass is 16.5. The summed E-state index contributed by atoms with van der Waals surface area (Å²) in [6, 6.07) is 0. The van der Waals surface area contributed by atoms with Gasteiger partial charge in [0.1, 0.15) is 0 Å². The third-order valence-corrected chi connectivity index (χ3v) is 2.86. The number of allylic oxidation sites excluding steroid dienone is 2. The molecule has 2 heteroatoms. The summed E-state index contributed by atoms with van der Waals surface area (Å²) in [5, 5.41) is 3.43. The van der Waals surface area contributed by atoms with Gasteiger partial charge in [-0.05, 0) is 45.4 Å². The molecule has 1 aliphatic heterocycles. The van der Waals surface area contributed by atoms with Crippen LogP contribution in [0.4, 0.5) is 0 Å². The third-order valence-electron chi connectivity index (χ3n) is 2.86. The van der Waals surface area contributed by atoms with E-state index in [1.165, 1.54) is 31.4 Å². The smallest absolute Gasteiger partial charge is 0.0578 e. The number of nitrogens with one attached hydrogen (secondary N) is 1. The van der Waals surface area contributed by atoms with Crippen molar-refractivity contribution in [2.45, 2.75) is 58.5 Å². The van der Waals surface area contributed by atoms with Crippen LogP contribution in [0.1, 0.15) is 52.4 Å². The van der Waals surface area contributed by atoms with E-state index in [1.54, 1.807) is 0 Å². The maximum absolute atomic E-state index is 5.73. The van der Waals surface area contributed by atoms with Crippen LogP contribution in [0.25, 0.3) is 0 Å². The lowest BCUT2D eigenvalue weighted by Gasteiger charge is -2.23. The van der Waals surface area contributed by atoms with Gasteiger partial charge in [-0.1, -0.05) is 13.0 Å². The molecule has 15 heavy (non-hydrogen) atoms. The molecular formula is C13H25NO. The normalized spacial score (nSPS) is 22.8. The third kappa shape index (κ3) is 5.22. The minimum Gasteiger partial charge on any atom is -0.389 e. The first-order valence-electron chi connectivity index (χ1n) is 6.41. The van der Waals surface area contributed by atoms with Crippen LogP contribution in [0.15, 0.2) is 11.8 Å². The maximum Gasteiger partial charge on any atom is 0.0578 e. The Morgan fingerprint density at radius 3 is 2.87 bits per heavy atom. The predicted molar refractivity (Wildman–Crippen MR) is 64.9 cm³/mol. The number of ether oxygens (including phenoxy) is 1. The minimum absolute atomic E-state index is 0.512. The minimum atomic E-state index is 0.512. The molecule has 0 aliphatic carbocycles. The molecule has 1 N–H and O–H groups in total. The summed E-state index contributed by atoms with van der Waals surface area (Å²) in [4.78, 5) is 0. The molecule has 88 valence electrons. The van der Waals surface area contributed by atoms with Gasteiger partial charge in [0, 0.05) is 18.8 Å². The Morgan fingerprint density at radius 1 is 1.40 bits per heavy atom. The molecule has 0 radical (unpaired) electrons. The van der Waals surface area contributed by atoms with Crippen LogP contribution in [-0.4, -0.2) is 19.3 Å². The van der Waals surface area contributed by atoms with Gasteiger partial charge in [-0.25, -0.2) is 0 Å². The topological polar surface area (TPSA) is 21.3 Å². The van der Waals surface area contributed by atoms with E-state index in [-0.39, 0.29) is 0 Å². The second-order valence-corrected chi connectivity index (χ2v) is 4.20. The number of rotatable bonds is 6. The van der Waals surface area contributed by atoms with Crippen molar-refractivity contribution in [2.24, 2.45) is 0 Å². The SMILES string of the molecule is CCC=C(CCC1CCCCO1)NCC. The summed E-state index contributed by atoms with van der Waals surface area (Å²) < 4.78 is 5.73. The maximum atomic E-state index is 5.73. The van der Waals surface area contributed by atoms with Crippen molar-refractivity contribution in [3.63, 3.8) is 0 Å². The zero-order valence-electron chi connectivity index (χ0n) is 10.2. The standard InChI is InChI=1S/C13H25NO/c1-3-7-12(14-4-2)9-10-13-8-5-6-11-15-13/h7,13-14H,3-6,8-11H2,1-2H3. The second kappa shape index (κ2) is 7.75. The summed E-state index contributed by atoms with van der Waals surface area (Å²) in [5.74, 6) is 0. The Morgan fingerprint density at radius 2 is 2.27 bits per heavy atom. The summed E-state index contributed by atoms with van der Waals surface area (Å²) in [7, 11) is 0. The zero-order valence-corrected chi connectivity index (χ0v) is 10.2. The molecule has 0 amide bonds. The fourth-order valence-corrected chi connectivity index (χ4v) is 2.09. The van der Waals surface area contributed by atoms with Gasteiger partial charge in [0.2, 0.25) is 0 Å². The van der Waals surface area contributed by atoms with Crippen molar-refractivity contribution >= 4 is 0 Å². The summed E-state index contributed by atoms with van der Waals surface area (Å²) in [6.07, 6.45) is 10.1. The molecule has 1 heterocycles. The molecule has 1 atom stereocenters. The fraction of sp³-hybridized carbons (Fsp3) is 0.846. The first-order chi connectivity index (χ1) is 7.36. The van der Waals surface area contributed by atoms with Crippen LogP contribution in [-0.2, 0) is 4.74 Å². The van der Waals surface area contributed by atoms with E-state index in [2.05, 4.69) is 25.2 Å². The van der Waals surface area contributed by atoms with Gasteiger partial charge in [0.15, 0.2) is 0 Å². The molecule has 0 aromatic carbocycles. The quantitative estimate of drug-likeness (QED) is 0.728. The van der Waals surface area contributed by atoms with Gasteiger partial charge >= 0.3 is 0 Å². The Hall–Kier alpha value is -0.500. The van der Waals surface area contributed by atoms with Crippen molar-refractivity contribution in [1.29, 1.82) is 0 Å². The zero-order chi connectivity index (χ0) is 10.9. The molecule has 0 saturated carbocycles. The Balaban J connectivity index is 2.22. The van der Waals surface area contributed by atoms with E-state index >= 15 is 0 Å². The molecule has 2 nitrogen and oxygen atoms in total. The molecule has 1 unspecified atom stereocenters. The molecule has 1 aliphatic rings. The van der Waals surface area contributed by atoms with E-state index < -0.39 is 0 Å². The summed E-state index contributed by atoms with van der Waals surface area (Å²) in [5.41, 5.74) is 1.40. The van der Waals surface area contributed by atoms with Gasteiger partial charge in [-0.2, -0.15) is 0 Å². The predicted octanol–water partition coefficient (Wildman–Crippen LogP) is 3.24. The number of hydrogen-bond donors (Lipinski definition) is 1. The summed E-state index contributed by atoms with van der Waals surface area (Å²) in [6.45, 7) is 6.34. The highest BCUT2D eigenvalue weighted by molar-refractivity contribution is 4.99. The first kappa shape index (κ1) is 12.6. The van der Waals surface area contributed by atoms with E-state index in [4.69, 9.17) is 4.74 Å². The molecule has 1 rings (SSSR count). The molecule has 1 fully saturated rings. The van der Waals surface area contributed by atoms with E-state index in [1.807, 2.05) is 0 Å². The van der Waals surface area contributed by atoms with Gasteiger partial charge in [0.05, 0.1) is 6.10 Å². The van der Waals surface area contributed by atoms with Crippen LogP contribution in [0.3, 0.4) is 0 Å². The lowest BCUT2D eigenvalue weighted by Crippen LogP contribution is -2.21. The first-order valence-corrected chi connectivity index (χ1v) is 6.41. The van der Waals surface area contributed by atoms with Crippen LogP contribution in [0.5, 0.6) is 0 Å². The van der Waals surface area contributed by atoms with Gasteiger partial charge in [0.25, 0.3) is 0 Å². The van der Waals surface area contributed by atoms with Crippen LogP contribution < -0.4 is 5.32 Å². The molecule has 0 bridgehead atoms. The van der Waals surface area contributed by atoms with E-state index in [0.717, 1.165) is 26.0 Å². The Labute approximate surface area is 94.1 Å². The van der Waals surface area contributed by atoms with Crippen molar-refractivity contribution in [3.05, 3.63) is 11.8 Å². The fourth-order valence-electron chi connectivity index (χ4n) is 2.09. The molecule has 0 aromatic rings. The monoisotopic (exact) mass is 211 g/mol. The van der Waals surface area contributed by atoms with Crippen molar-refractivity contribution in [3.8, 4) is 0 Å². The van der Waals surface area contributed by atoms with E-state index in [9.17, 15) is 0 Å². The van der Waals surface area contributed by atoms with Crippen molar-refractivity contribution in [1.82, 2.24) is 5.32 Å². The Bertz CT molecular complexity index is 183. The second-order valence-electron chi connectivity index (χ2n) is 4.20. The average Bonchev–Trinajstić information content (AvgIpc) is 2.28. The average molecular weight is 211 g/mol. The van der Waals surface area contributed by atoms with Gasteiger partial charge in [-0.15, -0.1) is 0 Å². The van der Waals surface area contributed by atoms with Gasteiger partial charge < -0.3 is 10.1 Å². The highest BCUT2D eigenvalue weighted by Crippen LogP contribution is 2.18. The van der Waals surface area contributed by atoms with Gasteiger partial charge in [-0.3, -0.25) is 0 Å². The van der Waals surface area contributed by atoms with Crippen LogP contribution in [0, 0.1) is 0 Å². The van der Waals surface area contributed by atoms with Crippen LogP contribution in [0.2, 0.25) is 0 Å². The largest absolute Gasteiger partial charge is 0.389 e. The molecular weight excluding hydrogens is 186 g/mol. The highest BCUT2D eigenvalue weighted by Gasteiger charge is 2.13. The summed E-state index contributed by atoms with van der Waals surface area (Å²) >= 11 is 0. The molecule has 0 spiro atoms. The Kier molecular flexibility index (Phi) is 6.49. The lowest BCUT2D eigenvalue weighted by molar-refractivity contribution is 0.0113. The molecule has 1 saturated heterocycles. The van der Waals surface area contributed by atoms with Crippen molar-refractivity contribution in [2.75, 3.05) is 13.2 Å². The lowest BCUT2D eigenvalue weighted by atomic mass is 10.0. The van der Waals surface area contributed by atoms with E-state index in [0.29, 0.717) is 6.10 Å².